The Balaban J connectivity index is 1.66. The molecule has 0 saturated carbocycles. The molecule has 0 fully saturated rings. The van der Waals surface area contributed by atoms with Gasteiger partial charge in [0, 0.05) is 49.2 Å². The molecule has 2 aromatic carbocycles. The Hall–Kier alpha value is -3.54. The number of nitrogens with zero attached hydrogens (tertiary/aromatic N) is 2. The molecule has 3 rings (SSSR count). The number of aromatic nitrogens is 1. The molecule has 0 aliphatic carbocycles. The number of pyridine rings is 1. The average Bonchev–Trinajstić information content (AvgIpc) is 2.77. The fraction of sp³-hybridized carbons (Fsp3) is 0.174. The van der Waals surface area contributed by atoms with Crippen LogP contribution in [0, 0.1) is 5.82 Å². The molecule has 3 aromatic rings. The summed E-state index contributed by atoms with van der Waals surface area (Å²) in [7, 11) is 1.76. The Labute approximate surface area is 169 Å². The first-order chi connectivity index (χ1) is 14.0. The second-order valence-electron chi connectivity index (χ2n) is 6.58. The maximum Gasteiger partial charge on any atom is 0.251 e. The van der Waals surface area contributed by atoms with Gasteiger partial charge in [0.05, 0.1) is 0 Å². The van der Waals surface area contributed by atoms with Crippen LogP contribution in [-0.4, -0.2) is 23.8 Å². The van der Waals surface area contributed by atoms with Crippen molar-refractivity contribution in [3.8, 4) is 11.1 Å². The predicted octanol–water partition coefficient (Wildman–Crippen LogP) is 4.19. The van der Waals surface area contributed by atoms with Crippen molar-refractivity contribution in [3.05, 3.63) is 83.9 Å². The molecule has 0 atom stereocenters. The summed E-state index contributed by atoms with van der Waals surface area (Å²) in [5.41, 5.74) is 3.60. The van der Waals surface area contributed by atoms with E-state index >= 15 is 0 Å². The van der Waals surface area contributed by atoms with Crippen LogP contribution in [0.1, 0.15) is 29.3 Å². The van der Waals surface area contributed by atoms with E-state index in [1.165, 1.54) is 18.5 Å². The highest BCUT2D eigenvalue weighted by Crippen LogP contribution is 2.23. The van der Waals surface area contributed by atoms with Gasteiger partial charge >= 0.3 is 0 Å². The van der Waals surface area contributed by atoms with Gasteiger partial charge in [-0.05, 0) is 41.5 Å². The molecule has 0 aliphatic rings. The van der Waals surface area contributed by atoms with E-state index in [-0.39, 0.29) is 18.4 Å². The Bertz CT molecular complexity index is 1000. The van der Waals surface area contributed by atoms with Gasteiger partial charge in [-0.15, -0.1) is 0 Å². The number of carbonyl (C=O) groups excluding carboxylic acids is 2. The molecule has 0 unspecified atom stereocenters. The first kappa shape index (κ1) is 20.2. The van der Waals surface area contributed by atoms with E-state index in [9.17, 15) is 14.0 Å². The number of benzene rings is 2. The zero-order valence-electron chi connectivity index (χ0n) is 16.4. The van der Waals surface area contributed by atoms with Gasteiger partial charge < -0.3 is 10.2 Å². The summed E-state index contributed by atoms with van der Waals surface area (Å²) < 4.78 is 13.6. The summed E-state index contributed by atoms with van der Waals surface area (Å²) in [6, 6.07) is 16.1. The van der Waals surface area contributed by atoms with E-state index in [4.69, 9.17) is 0 Å². The Morgan fingerprint density at radius 2 is 1.62 bits per heavy atom. The van der Waals surface area contributed by atoms with E-state index < -0.39 is 5.82 Å². The molecule has 1 N–H and O–H groups in total. The lowest BCUT2D eigenvalue weighted by Crippen LogP contribution is -2.24. The van der Waals surface area contributed by atoms with Gasteiger partial charge in [0.15, 0.2) is 0 Å². The quantitative estimate of drug-likeness (QED) is 0.685. The smallest absolute Gasteiger partial charge is 0.251 e. The fourth-order valence-electron chi connectivity index (χ4n) is 2.89. The van der Waals surface area contributed by atoms with E-state index in [1.54, 1.807) is 24.1 Å². The van der Waals surface area contributed by atoms with Crippen LogP contribution in [0.25, 0.3) is 11.1 Å². The number of anilines is 1. The molecule has 2 amide bonds. The SMILES string of the molecule is CCC(=O)N(C)c1ccc(-c2ccc(C(=O)NCc3cnccc3F)cc2)cc1. The number of carbonyl (C=O) groups is 2. The Morgan fingerprint density at radius 3 is 2.21 bits per heavy atom. The molecule has 0 saturated heterocycles. The normalized spacial score (nSPS) is 10.4. The average molecular weight is 391 g/mol. The van der Waals surface area contributed by atoms with Gasteiger partial charge in [0.1, 0.15) is 5.82 Å². The second kappa shape index (κ2) is 9.10. The van der Waals surface area contributed by atoms with Crippen LogP contribution in [-0.2, 0) is 11.3 Å². The van der Waals surface area contributed by atoms with Crippen LogP contribution in [0.5, 0.6) is 0 Å². The predicted molar refractivity (Wildman–Crippen MR) is 111 cm³/mol. The molecule has 6 heteroatoms. The first-order valence-electron chi connectivity index (χ1n) is 9.33. The van der Waals surface area contributed by atoms with Crippen molar-refractivity contribution in [1.82, 2.24) is 10.3 Å². The lowest BCUT2D eigenvalue weighted by molar-refractivity contribution is -0.118. The molecule has 0 spiro atoms. The Kier molecular flexibility index (Phi) is 6.34. The van der Waals surface area contributed by atoms with Crippen molar-refractivity contribution in [2.45, 2.75) is 19.9 Å². The third-order valence-electron chi connectivity index (χ3n) is 4.70. The number of halogens is 1. The Morgan fingerprint density at radius 1 is 1.00 bits per heavy atom. The first-order valence-corrected chi connectivity index (χ1v) is 9.33. The third kappa shape index (κ3) is 4.85. The molecule has 0 bridgehead atoms. The van der Waals surface area contributed by atoms with Crippen LogP contribution in [0.2, 0.25) is 0 Å². The van der Waals surface area contributed by atoms with E-state index in [0.29, 0.717) is 17.5 Å². The van der Waals surface area contributed by atoms with Crippen molar-refractivity contribution in [2.24, 2.45) is 0 Å². The van der Waals surface area contributed by atoms with Crippen molar-refractivity contribution in [3.63, 3.8) is 0 Å². The van der Waals surface area contributed by atoms with Crippen molar-refractivity contribution in [2.75, 3.05) is 11.9 Å². The molecule has 29 heavy (non-hydrogen) atoms. The van der Waals surface area contributed by atoms with Gasteiger partial charge in [0.2, 0.25) is 5.91 Å². The summed E-state index contributed by atoms with van der Waals surface area (Å²) in [6.45, 7) is 1.91. The van der Waals surface area contributed by atoms with Crippen molar-refractivity contribution < 1.29 is 14.0 Å². The molecular weight excluding hydrogens is 369 g/mol. The minimum absolute atomic E-state index is 0.0549. The van der Waals surface area contributed by atoms with Crippen molar-refractivity contribution in [1.29, 1.82) is 0 Å². The van der Waals surface area contributed by atoms with Crippen LogP contribution in [0.3, 0.4) is 0 Å². The highest BCUT2D eigenvalue weighted by molar-refractivity contribution is 5.95. The number of hydrogen-bond acceptors (Lipinski definition) is 3. The van der Waals surface area contributed by atoms with E-state index in [2.05, 4.69) is 10.3 Å². The number of amides is 2. The largest absolute Gasteiger partial charge is 0.348 e. The van der Waals surface area contributed by atoms with Gasteiger partial charge in [-0.25, -0.2) is 4.39 Å². The monoisotopic (exact) mass is 391 g/mol. The minimum Gasteiger partial charge on any atom is -0.348 e. The van der Waals surface area contributed by atoms with Gasteiger partial charge in [0.25, 0.3) is 5.91 Å². The van der Waals surface area contributed by atoms with Crippen LogP contribution >= 0.6 is 0 Å². The molecular formula is C23H22FN3O2. The molecule has 1 heterocycles. The maximum absolute atomic E-state index is 13.6. The van der Waals surface area contributed by atoms with Gasteiger partial charge in [-0.2, -0.15) is 0 Å². The van der Waals surface area contributed by atoms with Crippen LogP contribution < -0.4 is 10.2 Å². The summed E-state index contributed by atoms with van der Waals surface area (Å²) in [6.07, 6.45) is 3.22. The van der Waals surface area contributed by atoms with Crippen molar-refractivity contribution >= 4 is 17.5 Å². The van der Waals surface area contributed by atoms with Crippen LogP contribution in [0.15, 0.2) is 67.0 Å². The third-order valence-corrected chi connectivity index (χ3v) is 4.70. The molecule has 1 aromatic heterocycles. The van der Waals surface area contributed by atoms with E-state index in [1.807, 2.05) is 43.3 Å². The molecule has 0 aliphatic heterocycles. The topological polar surface area (TPSA) is 62.3 Å². The maximum atomic E-state index is 13.6. The fourth-order valence-corrected chi connectivity index (χ4v) is 2.89. The summed E-state index contributed by atoms with van der Waals surface area (Å²) >= 11 is 0. The highest BCUT2D eigenvalue weighted by Gasteiger charge is 2.10. The lowest BCUT2D eigenvalue weighted by atomic mass is 10.0. The summed E-state index contributed by atoms with van der Waals surface area (Å²) in [5, 5.41) is 2.69. The molecule has 148 valence electrons. The van der Waals surface area contributed by atoms with Gasteiger partial charge in [-0.3, -0.25) is 14.6 Å². The number of hydrogen-bond donors (Lipinski definition) is 1. The number of nitrogens with one attached hydrogen (secondary N) is 1. The standard InChI is InChI=1S/C23H22FN3O2/c1-3-22(28)27(2)20-10-8-17(9-11-20)16-4-6-18(7-5-16)23(29)26-15-19-14-25-13-12-21(19)24/h4-14H,3,15H2,1-2H3,(H,26,29). The summed E-state index contributed by atoms with van der Waals surface area (Å²) in [4.78, 5) is 29.6. The summed E-state index contributed by atoms with van der Waals surface area (Å²) in [5.74, 6) is -0.625. The second-order valence-corrected chi connectivity index (χ2v) is 6.58. The minimum atomic E-state index is -0.398. The molecule has 0 radical (unpaired) electrons. The lowest BCUT2D eigenvalue weighted by Gasteiger charge is -2.16. The molecule has 5 nitrogen and oxygen atoms in total. The zero-order chi connectivity index (χ0) is 20.8. The highest BCUT2D eigenvalue weighted by atomic mass is 19.1. The zero-order valence-corrected chi connectivity index (χ0v) is 16.4. The van der Waals surface area contributed by atoms with Gasteiger partial charge in [-0.1, -0.05) is 31.2 Å². The number of rotatable bonds is 6. The van der Waals surface area contributed by atoms with E-state index in [0.717, 1.165) is 16.8 Å². The van der Waals surface area contributed by atoms with Crippen LogP contribution in [0.4, 0.5) is 10.1 Å².